The summed E-state index contributed by atoms with van der Waals surface area (Å²) in [5.41, 5.74) is 0.879. The van der Waals surface area contributed by atoms with Gasteiger partial charge in [0.05, 0.1) is 5.69 Å². The third-order valence-electron chi connectivity index (χ3n) is 3.85. The third kappa shape index (κ3) is 3.91. The van der Waals surface area contributed by atoms with Crippen molar-refractivity contribution < 1.29 is 4.92 Å². The van der Waals surface area contributed by atoms with Gasteiger partial charge in [0.15, 0.2) is 6.20 Å². The van der Waals surface area contributed by atoms with Gasteiger partial charge in [-0.15, -0.1) is 0 Å². The topological polar surface area (TPSA) is 68.1 Å². The summed E-state index contributed by atoms with van der Waals surface area (Å²) in [6.45, 7) is 2.24. The highest BCUT2D eigenvalue weighted by atomic mass is 16.6. The maximum atomic E-state index is 10.5. The van der Waals surface area contributed by atoms with Crippen LogP contribution in [0, 0.1) is 16.0 Å². The van der Waals surface area contributed by atoms with E-state index in [-0.39, 0.29) is 5.82 Å². The highest BCUT2D eigenvalue weighted by Crippen LogP contribution is 2.29. The minimum Gasteiger partial charge on any atom is -0.379 e. The number of hydrogen-bond donors (Lipinski definition) is 1. The lowest BCUT2D eigenvalue weighted by molar-refractivity contribution is -0.389. The number of nitrogens with zero attached hydrogens (tertiary/aromatic N) is 2. The van der Waals surface area contributed by atoms with Crippen molar-refractivity contribution in [2.45, 2.75) is 51.5 Å². The Labute approximate surface area is 113 Å². The quantitative estimate of drug-likeness (QED) is 0.648. The molecule has 1 N–H and O–H groups in total. The van der Waals surface area contributed by atoms with Crippen LogP contribution in [0.15, 0.2) is 18.3 Å². The second kappa shape index (κ2) is 6.50. The lowest BCUT2D eigenvalue weighted by Gasteiger charge is -2.29. The molecule has 0 aromatic carbocycles. The fraction of sp³-hybridized carbons (Fsp3) is 0.643. The first kappa shape index (κ1) is 13.8. The highest BCUT2D eigenvalue weighted by Gasteiger charge is 2.20. The Balaban J connectivity index is 1.83. The predicted molar refractivity (Wildman–Crippen MR) is 75.2 cm³/mol. The zero-order valence-corrected chi connectivity index (χ0v) is 11.3. The summed E-state index contributed by atoms with van der Waals surface area (Å²) in [6.07, 6.45) is 9.10. The van der Waals surface area contributed by atoms with E-state index in [1.54, 1.807) is 12.3 Å². The minimum atomic E-state index is -0.472. The van der Waals surface area contributed by atoms with E-state index < -0.39 is 4.92 Å². The predicted octanol–water partition coefficient (Wildman–Crippen LogP) is 3.76. The number of nitro groups is 1. The summed E-state index contributed by atoms with van der Waals surface area (Å²) in [5.74, 6) is 0.787. The number of hydrogen-bond acceptors (Lipinski definition) is 4. The first-order valence-electron chi connectivity index (χ1n) is 7.06. The number of pyridine rings is 1. The molecule has 1 aliphatic rings. The lowest BCUT2D eigenvalue weighted by atomic mass is 9.83. The molecule has 19 heavy (non-hydrogen) atoms. The molecule has 0 amide bonds. The van der Waals surface area contributed by atoms with Crippen molar-refractivity contribution in [1.29, 1.82) is 0 Å². The first-order chi connectivity index (χ1) is 9.19. The number of anilines is 1. The normalized spacial score (nSPS) is 23.0. The van der Waals surface area contributed by atoms with Crippen LogP contribution in [0.5, 0.6) is 0 Å². The van der Waals surface area contributed by atoms with E-state index >= 15 is 0 Å². The monoisotopic (exact) mass is 263 g/mol. The van der Waals surface area contributed by atoms with Gasteiger partial charge in [-0.3, -0.25) is 0 Å². The molecule has 0 atom stereocenters. The Hall–Kier alpha value is -1.65. The van der Waals surface area contributed by atoms with Crippen LogP contribution in [0.3, 0.4) is 0 Å². The highest BCUT2D eigenvalue weighted by molar-refractivity contribution is 5.44. The standard InChI is InChI=1S/C14H21N3O2/c1-2-3-11-4-6-12(7-5-11)16-13-8-9-14(15-10-13)17(18)19/h8-12,16H,2-7H2,1H3. The average Bonchev–Trinajstić information content (AvgIpc) is 2.42. The number of aromatic nitrogens is 1. The maximum absolute atomic E-state index is 10.5. The molecule has 1 aromatic rings. The first-order valence-corrected chi connectivity index (χ1v) is 7.06. The van der Waals surface area contributed by atoms with Crippen molar-refractivity contribution >= 4 is 11.5 Å². The van der Waals surface area contributed by atoms with Gasteiger partial charge in [-0.25, -0.2) is 0 Å². The van der Waals surface area contributed by atoms with E-state index in [0.717, 1.165) is 11.6 Å². The van der Waals surface area contributed by atoms with Crippen molar-refractivity contribution in [2.24, 2.45) is 5.92 Å². The summed E-state index contributed by atoms with van der Waals surface area (Å²) in [5, 5.41) is 13.9. The van der Waals surface area contributed by atoms with E-state index in [9.17, 15) is 10.1 Å². The van der Waals surface area contributed by atoms with E-state index in [4.69, 9.17) is 0 Å². The molecule has 0 radical (unpaired) electrons. The molecular formula is C14H21N3O2. The van der Waals surface area contributed by atoms with Gasteiger partial charge in [0.25, 0.3) is 0 Å². The van der Waals surface area contributed by atoms with Crippen LogP contribution in [-0.4, -0.2) is 15.9 Å². The van der Waals surface area contributed by atoms with E-state index in [1.165, 1.54) is 44.6 Å². The Bertz CT molecular complexity index is 411. The molecule has 5 heteroatoms. The molecule has 0 bridgehead atoms. The van der Waals surface area contributed by atoms with Crippen LogP contribution >= 0.6 is 0 Å². The van der Waals surface area contributed by atoms with Gasteiger partial charge < -0.3 is 15.4 Å². The van der Waals surface area contributed by atoms with E-state index in [0.29, 0.717) is 6.04 Å². The molecule has 1 aromatic heterocycles. The van der Waals surface area contributed by atoms with Crippen LogP contribution in [0.1, 0.15) is 45.4 Å². The summed E-state index contributed by atoms with van der Waals surface area (Å²) >= 11 is 0. The van der Waals surface area contributed by atoms with Crippen molar-refractivity contribution in [2.75, 3.05) is 5.32 Å². The van der Waals surface area contributed by atoms with Gasteiger partial charge in [0, 0.05) is 12.1 Å². The van der Waals surface area contributed by atoms with Crippen molar-refractivity contribution in [3.05, 3.63) is 28.4 Å². The van der Waals surface area contributed by atoms with Gasteiger partial charge in [-0.1, -0.05) is 19.8 Å². The van der Waals surface area contributed by atoms with Crippen LogP contribution in [0.2, 0.25) is 0 Å². The third-order valence-corrected chi connectivity index (χ3v) is 3.85. The molecule has 0 saturated heterocycles. The SMILES string of the molecule is CCCC1CCC(Nc2ccc([N+](=O)[O-])nc2)CC1. The Morgan fingerprint density at radius 2 is 2.11 bits per heavy atom. The van der Waals surface area contributed by atoms with Crippen LogP contribution in [0.4, 0.5) is 11.5 Å². The zero-order chi connectivity index (χ0) is 13.7. The van der Waals surface area contributed by atoms with E-state index in [1.807, 2.05) is 0 Å². The fourth-order valence-electron chi connectivity index (χ4n) is 2.82. The Morgan fingerprint density at radius 3 is 2.63 bits per heavy atom. The molecule has 5 nitrogen and oxygen atoms in total. The summed E-state index contributed by atoms with van der Waals surface area (Å²) in [7, 11) is 0. The Morgan fingerprint density at radius 1 is 1.37 bits per heavy atom. The second-order valence-corrected chi connectivity index (χ2v) is 5.31. The molecular weight excluding hydrogens is 242 g/mol. The van der Waals surface area contributed by atoms with Gasteiger partial charge in [-0.2, -0.15) is 0 Å². The summed E-state index contributed by atoms with van der Waals surface area (Å²) < 4.78 is 0. The molecule has 0 unspecified atom stereocenters. The summed E-state index contributed by atoms with van der Waals surface area (Å²) in [4.78, 5) is 13.9. The fourth-order valence-corrected chi connectivity index (χ4v) is 2.82. The molecule has 1 heterocycles. The van der Waals surface area contributed by atoms with E-state index in [2.05, 4.69) is 17.2 Å². The van der Waals surface area contributed by atoms with Crippen LogP contribution < -0.4 is 5.32 Å². The van der Waals surface area contributed by atoms with Gasteiger partial charge >= 0.3 is 5.82 Å². The summed E-state index contributed by atoms with van der Waals surface area (Å²) in [6, 6.07) is 3.67. The molecule has 2 rings (SSSR count). The maximum Gasteiger partial charge on any atom is 0.363 e. The van der Waals surface area contributed by atoms with Crippen LogP contribution in [0.25, 0.3) is 0 Å². The zero-order valence-electron chi connectivity index (χ0n) is 11.3. The largest absolute Gasteiger partial charge is 0.379 e. The van der Waals surface area contributed by atoms with Crippen molar-refractivity contribution in [3.63, 3.8) is 0 Å². The average molecular weight is 263 g/mol. The molecule has 0 spiro atoms. The minimum absolute atomic E-state index is 0.0998. The molecule has 1 aliphatic carbocycles. The Kier molecular flexibility index (Phi) is 4.71. The van der Waals surface area contributed by atoms with Gasteiger partial charge in [0.1, 0.15) is 0 Å². The smallest absolute Gasteiger partial charge is 0.363 e. The molecule has 1 fully saturated rings. The molecule has 104 valence electrons. The van der Waals surface area contributed by atoms with Crippen molar-refractivity contribution in [3.8, 4) is 0 Å². The second-order valence-electron chi connectivity index (χ2n) is 5.31. The van der Waals surface area contributed by atoms with Crippen LogP contribution in [-0.2, 0) is 0 Å². The number of nitrogens with one attached hydrogen (secondary N) is 1. The molecule has 0 aliphatic heterocycles. The van der Waals surface area contributed by atoms with Gasteiger partial charge in [0.2, 0.25) is 0 Å². The van der Waals surface area contributed by atoms with Gasteiger partial charge in [-0.05, 0) is 47.6 Å². The molecule has 1 saturated carbocycles. The lowest BCUT2D eigenvalue weighted by Crippen LogP contribution is -2.26. The number of rotatable bonds is 5. The van der Waals surface area contributed by atoms with Crippen molar-refractivity contribution in [1.82, 2.24) is 4.98 Å².